The van der Waals surface area contributed by atoms with Crippen molar-refractivity contribution in [2.24, 2.45) is 10.2 Å². The van der Waals surface area contributed by atoms with Crippen LogP contribution in [0.2, 0.25) is 0 Å². The lowest BCUT2D eigenvalue weighted by Gasteiger charge is -2.11. The van der Waals surface area contributed by atoms with E-state index in [0.717, 1.165) is 0 Å². The van der Waals surface area contributed by atoms with Crippen molar-refractivity contribution >= 4 is 5.91 Å². The molecule has 2 heterocycles. The molecule has 0 aliphatic carbocycles. The lowest BCUT2D eigenvalue weighted by atomic mass is 10.2. The van der Waals surface area contributed by atoms with Gasteiger partial charge in [0, 0.05) is 37.4 Å². The lowest BCUT2D eigenvalue weighted by Crippen LogP contribution is -2.04. The molecular weight excluding hydrogens is 244 g/mol. The predicted molar refractivity (Wildman–Crippen MR) is 69.1 cm³/mol. The summed E-state index contributed by atoms with van der Waals surface area (Å²) in [5.41, 5.74) is 0.805. The minimum absolute atomic E-state index is 0.308. The summed E-state index contributed by atoms with van der Waals surface area (Å²) in [7, 11) is 1.86. The number of hydrogen-bond acceptors (Lipinski definition) is 5. The Labute approximate surface area is 110 Å². The Hall–Kier alpha value is -2.76. The summed E-state index contributed by atoms with van der Waals surface area (Å²) in [4.78, 5) is 17.2. The molecular formula is C13H12N4O2. The molecule has 0 unspecified atom stereocenters. The first-order valence-electron chi connectivity index (χ1n) is 5.54. The van der Waals surface area contributed by atoms with E-state index in [1.54, 1.807) is 42.9 Å². The first-order chi connectivity index (χ1) is 9.16. The maximum Gasteiger partial charge on any atom is 0.297 e. The third kappa shape index (κ3) is 3.35. The topological polar surface area (TPSA) is 78.1 Å². The maximum atomic E-state index is 11.6. The van der Waals surface area contributed by atoms with E-state index < -0.39 is 5.91 Å². The number of hydrogen-bond donors (Lipinski definition) is 1. The zero-order valence-corrected chi connectivity index (χ0v) is 10.3. The third-order valence-electron chi connectivity index (χ3n) is 2.38. The van der Waals surface area contributed by atoms with Crippen LogP contribution in [0, 0.1) is 0 Å². The molecule has 19 heavy (non-hydrogen) atoms. The first-order valence-corrected chi connectivity index (χ1v) is 5.54. The predicted octanol–water partition coefficient (Wildman–Crippen LogP) is 2.42. The van der Waals surface area contributed by atoms with E-state index in [4.69, 9.17) is 0 Å². The summed E-state index contributed by atoms with van der Waals surface area (Å²) in [5, 5.41) is 16.6. The van der Waals surface area contributed by atoms with Crippen LogP contribution in [0.5, 0.6) is 0 Å². The summed E-state index contributed by atoms with van der Waals surface area (Å²) in [6.45, 7) is 0. The molecule has 0 bridgehead atoms. The number of aliphatic hydroxyl groups excluding tert-OH is 1. The molecule has 96 valence electrons. The van der Waals surface area contributed by atoms with Crippen LogP contribution in [-0.2, 0) is 0 Å². The molecule has 1 aliphatic rings. The van der Waals surface area contributed by atoms with Gasteiger partial charge in [-0.2, -0.15) is 0 Å². The summed E-state index contributed by atoms with van der Waals surface area (Å²) < 4.78 is 0. The lowest BCUT2D eigenvalue weighted by molar-refractivity contribution is 0.0992. The molecule has 1 aliphatic heterocycles. The van der Waals surface area contributed by atoms with E-state index in [1.165, 1.54) is 6.20 Å². The van der Waals surface area contributed by atoms with Gasteiger partial charge in [0.25, 0.3) is 5.91 Å². The highest BCUT2D eigenvalue weighted by molar-refractivity contribution is 5.94. The van der Waals surface area contributed by atoms with Gasteiger partial charge in [0.05, 0.1) is 5.56 Å². The Morgan fingerprint density at radius 2 is 2.05 bits per heavy atom. The Kier molecular flexibility index (Phi) is 3.82. The highest BCUT2D eigenvalue weighted by Gasteiger charge is 2.06. The molecule has 0 fully saturated rings. The summed E-state index contributed by atoms with van der Waals surface area (Å²) in [6, 6.07) is 3.21. The van der Waals surface area contributed by atoms with Gasteiger partial charge in [-0.1, -0.05) is 0 Å². The third-order valence-corrected chi connectivity index (χ3v) is 2.38. The van der Waals surface area contributed by atoms with E-state index in [-0.39, 0.29) is 5.88 Å². The minimum Gasteiger partial charge on any atom is -0.492 e. The maximum absolute atomic E-state index is 11.6. The van der Waals surface area contributed by atoms with Crippen molar-refractivity contribution in [2.45, 2.75) is 0 Å². The van der Waals surface area contributed by atoms with Crippen molar-refractivity contribution in [3.05, 3.63) is 66.1 Å². The Bertz CT molecular complexity index is 572. The quantitative estimate of drug-likeness (QED) is 0.651. The van der Waals surface area contributed by atoms with Gasteiger partial charge in [0.15, 0.2) is 0 Å². The number of pyridine rings is 1. The van der Waals surface area contributed by atoms with E-state index in [2.05, 4.69) is 15.2 Å². The summed E-state index contributed by atoms with van der Waals surface area (Å²) in [5.74, 6) is -0.862. The van der Waals surface area contributed by atoms with Gasteiger partial charge >= 0.3 is 0 Å². The summed E-state index contributed by atoms with van der Waals surface area (Å²) in [6.07, 6.45) is 9.79. The number of carbonyl (C=O) groups excluding carboxylic acids is 1. The van der Waals surface area contributed by atoms with Gasteiger partial charge in [-0.25, -0.2) is 0 Å². The number of nitrogens with zero attached hydrogens (tertiary/aromatic N) is 4. The van der Waals surface area contributed by atoms with Crippen LogP contribution in [0.3, 0.4) is 0 Å². The number of azo groups is 1. The number of carbonyl (C=O) groups is 1. The van der Waals surface area contributed by atoms with Crippen LogP contribution < -0.4 is 0 Å². The standard InChI is InChI=1S/C13H12N4O2/c1-17-7-4-10(5-8-17)12(18)15-16-13(19)11-3-2-6-14-9-11/h2-9,18H,1H3. The Morgan fingerprint density at radius 3 is 2.68 bits per heavy atom. The highest BCUT2D eigenvalue weighted by Crippen LogP contribution is 2.13. The van der Waals surface area contributed by atoms with Gasteiger partial charge in [-0.15, -0.1) is 10.2 Å². The van der Waals surface area contributed by atoms with Crippen molar-refractivity contribution in [1.82, 2.24) is 9.88 Å². The zero-order chi connectivity index (χ0) is 13.7. The van der Waals surface area contributed by atoms with Crippen molar-refractivity contribution in [1.29, 1.82) is 0 Å². The molecule has 0 aromatic carbocycles. The largest absolute Gasteiger partial charge is 0.492 e. The van der Waals surface area contributed by atoms with E-state index in [1.807, 2.05) is 11.9 Å². The number of amides is 1. The van der Waals surface area contributed by atoms with Gasteiger partial charge in [-0.3, -0.25) is 9.78 Å². The van der Waals surface area contributed by atoms with Gasteiger partial charge in [0.2, 0.25) is 5.88 Å². The van der Waals surface area contributed by atoms with Crippen LogP contribution in [0.1, 0.15) is 10.4 Å². The van der Waals surface area contributed by atoms with Crippen LogP contribution >= 0.6 is 0 Å². The van der Waals surface area contributed by atoms with Crippen LogP contribution in [0.25, 0.3) is 0 Å². The van der Waals surface area contributed by atoms with E-state index in [9.17, 15) is 9.90 Å². The van der Waals surface area contributed by atoms with Gasteiger partial charge < -0.3 is 10.0 Å². The number of allylic oxidation sites excluding steroid dienone is 3. The van der Waals surface area contributed by atoms with E-state index in [0.29, 0.717) is 11.1 Å². The molecule has 1 aromatic rings. The molecule has 6 heteroatoms. The average Bonchev–Trinajstić information content (AvgIpc) is 2.46. The first kappa shape index (κ1) is 12.7. The molecule has 0 saturated heterocycles. The molecule has 1 aromatic heterocycles. The smallest absolute Gasteiger partial charge is 0.297 e. The molecule has 1 amide bonds. The highest BCUT2D eigenvalue weighted by atomic mass is 16.3. The van der Waals surface area contributed by atoms with Crippen molar-refractivity contribution in [3.8, 4) is 0 Å². The second-order valence-corrected chi connectivity index (χ2v) is 3.82. The molecule has 0 atom stereocenters. The van der Waals surface area contributed by atoms with E-state index >= 15 is 0 Å². The van der Waals surface area contributed by atoms with Gasteiger partial charge in [0.1, 0.15) is 0 Å². The SMILES string of the molecule is CN1C=CC(=C(O)N=NC(=O)c2cccnc2)C=C1. The van der Waals surface area contributed by atoms with Crippen molar-refractivity contribution in [3.63, 3.8) is 0 Å². The van der Waals surface area contributed by atoms with Crippen LogP contribution in [0.4, 0.5) is 0 Å². The second-order valence-electron chi connectivity index (χ2n) is 3.82. The molecule has 1 N–H and O–H groups in total. The van der Waals surface area contributed by atoms with Gasteiger partial charge in [-0.05, 0) is 24.3 Å². The molecule has 0 saturated carbocycles. The second kappa shape index (κ2) is 5.72. The summed E-state index contributed by atoms with van der Waals surface area (Å²) >= 11 is 0. The van der Waals surface area contributed by atoms with Crippen LogP contribution in [0.15, 0.2) is 70.8 Å². The fourth-order valence-electron chi connectivity index (χ4n) is 1.35. The average molecular weight is 256 g/mol. The number of aromatic nitrogens is 1. The molecule has 6 nitrogen and oxygen atoms in total. The number of rotatable bonds is 2. The molecule has 2 rings (SSSR count). The fraction of sp³-hybridized carbons (Fsp3) is 0.0769. The molecule has 0 radical (unpaired) electrons. The fourth-order valence-corrected chi connectivity index (χ4v) is 1.35. The van der Waals surface area contributed by atoms with Crippen molar-refractivity contribution in [2.75, 3.05) is 7.05 Å². The number of aliphatic hydroxyl groups is 1. The minimum atomic E-state index is -0.555. The van der Waals surface area contributed by atoms with Crippen LogP contribution in [-0.4, -0.2) is 27.9 Å². The molecule has 0 spiro atoms. The Morgan fingerprint density at radius 1 is 1.32 bits per heavy atom. The zero-order valence-electron chi connectivity index (χ0n) is 10.3. The Balaban J connectivity index is 2.11. The monoisotopic (exact) mass is 256 g/mol. The van der Waals surface area contributed by atoms with Crippen molar-refractivity contribution < 1.29 is 9.90 Å². The normalized spacial score (nSPS) is 14.2.